The maximum atomic E-state index is 13.3. The molecule has 2 aromatic rings. The van der Waals surface area contributed by atoms with Gasteiger partial charge in [-0.05, 0) is 24.1 Å². The van der Waals surface area contributed by atoms with Crippen LogP contribution in [0.5, 0.6) is 0 Å². The van der Waals surface area contributed by atoms with Gasteiger partial charge in [-0.15, -0.1) is 0 Å². The molecule has 2 heterocycles. The molecule has 112 valence electrons. The Morgan fingerprint density at radius 1 is 1.19 bits per heavy atom. The standard InChI is InChI=1S/C13H10F5N3/c14-8-2-1-7(5-9(8)15)10-3-4-19-12-20-11(6-21(10)12)13(16,17)18/h1-2,5-6,10H,3-4H2,(H,19,20). The van der Waals surface area contributed by atoms with Crippen molar-refractivity contribution in [1.82, 2.24) is 9.55 Å². The van der Waals surface area contributed by atoms with Gasteiger partial charge in [0.2, 0.25) is 5.95 Å². The Labute approximate surface area is 116 Å². The second-order valence-corrected chi connectivity index (χ2v) is 4.76. The second-order valence-electron chi connectivity index (χ2n) is 4.76. The predicted molar refractivity (Wildman–Crippen MR) is 64.8 cm³/mol. The molecule has 0 bridgehead atoms. The van der Waals surface area contributed by atoms with E-state index in [-0.39, 0.29) is 5.95 Å². The highest BCUT2D eigenvalue weighted by Crippen LogP contribution is 2.35. The number of nitrogens with one attached hydrogen (secondary N) is 1. The van der Waals surface area contributed by atoms with Gasteiger partial charge < -0.3 is 9.88 Å². The van der Waals surface area contributed by atoms with Gasteiger partial charge in [-0.3, -0.25) is 0 Å². The van der Waals surface area contributed by atoms with Crippen LogP contribution in [0.3, 0.4) is 0 Å². The van der Waals surface area contributed by atoms with Crippen molar-refractivity contribution in [2.24, 2.45) is 0 Å². The monoisotopic (exact) mass is 303 g/mol. The smallest absolute Gasteiger partial charge is 0.356 e. The van der Waals surface area contributed by atoms with Crippen LogP contribution in [0.4, 0.5) is 27.9 Å². The van der Waals surface area contributed by atoms with Crippen molar-refractivity contribution in [2.45, 2.75) is 18.6 Å². The molecular formula is C13H10F5N3. The Kier molecular flexibility index (Phi) is 3.11. The molecule has 0 radical (unpaired) electrons. The molecule has 1 aromatic heterocycles. The fourth-order valence-corrected chi connectivity index (χ4v) is 2.41. The molecule has 3 rings (SSSR count). The lowest BCUT2D eigenvalue weighted by Crippen LogP contribution is -2.23. The number of imidazole rings is 1. The summed E-state index contributed by atoms with van der Waals surface area (Å²) in [6, 6.07) is 2.82. The number of benzene rings is 1. The van der Waals surface area contributed by atoms with E-state index in [0.29, 0.717) is 18.5 Å². The third kappa shape index (κ3) is 2.45. The van der Waals surface area contributed by atoms with Gasteiger partial charge >= 0.3 is 6.18 Å². The number of aromatic nitrogens is 2. The minimum atomic E-state index is -4.55. The van der Waals surface area contributed by atoms with Gasteiger partial charge in [0.05, 0.1) is 6.04 Å². The SMILES string of the molecule is Fc1ccc(C2CCNc3nc(C(F)(F)F)cn32)cc1F. The quantitative estimate of drug-likeness (QED) is 0.816. The van der Waals surface area contributed by atoms with Gasteiger partial charge in [0, 0.05) is 12.7 Å². The molecule has 0 saturated carbocycles. The van der Waals surface area contributed by atoms with E-state index in [1.807, 2.05) is 0 Å². The lowest BCUT2D eigenvalue weighted by molar-refractivity contribution is -0.140. The number of hydrogen-bond donors (Lipinski definition) is 1. The maximum Gasteiger partial charge on any atom is 0.434 e. The summed E-state index contributed by atoms with van der Waals surface area (Å²) < 4.78 is 65.7. The van der Waals surface area contributed by atoms with E-state index in [1.165, 1.54) is 10.6 Å². The van der Waals surface area contributed by atoms with Crippen LogP contribution in [0.2, 0.25) is 0 Å². The van der Waals surface area contributed by atoms with Gasteiger partial charge in [-0.2, -0.15) is 13.2 Å². The summed E-state index contributed by atoms with van der Waals surface area (Å²) >= 11 is 0. The van der Waals surface area contributed by atoms with E-state index in [2.05, 4.69) is 10.3 Å². The van der Waals surface area contributed by atoms with Crippen LogP contribution in [0.25, 0.3) is 0 Å². The van der Waals surface area contributed by atoms with E-state index in [4.69, 9.17) is 0 Å². The molecule has 1 unspecified atom stereocenters. The van der Waals surface area contributed by atoms with Crippen molar-refractivity contribution >= 4 is 5.95 Å². The largest absolute Gasteiger partial charge is 0.434 e. The van der Waals surface area contributed by atoms with E-state index in [0.717, 1.165) is 18.3 Å². The summed E-state index contributed by atoms with van der Waals surface area (Å²) in [5, 5.41) is 2.76. The Balaban J connectivity index is 2.03. The minimum absolute atomic E-state index is 0.0725. The zero-order valence-corrected chi connectivity index (χ0v) is 10.6. The first kappa shape index (κ1) is 13.8. The minimum Gasteiger partial charge on any atom is -0.356 e. The van der Waals surface area contributed by atoms with Crippen molar-refractivity contribution in [1.29, 1.82) is 0 Å². The third-order valence-electron chi connectivity index (χ3n) is 3.39. The van der Waals surface area contributed by atoms with Crippen LogP contribution in [0.15, 0.2) is 24.4 Å². The first-order valence-electron chi connectivity index (χ1n) is 6.21. The van der Waals surface area contributed by atoms with Crippen LogP contribution in [0.1, 0.15) is 23.7 Å². The number of nitrogens with zero attached hydrogens (tertiary/aromatic N) is 2. The van der Waals surface area contributed by atoms with Crippen LogP contribution < -0.4 is 5.32 Å². The van der Waals surface area contributed by atoms with Gasteiger partial charge in [0.1, 0.15) is 0 Å². The van der Waals surface area contributed by atoms with Gasteiger partial charge in [-0.25, -0.2) is 13.8 Å². The normalized spacial score (nSPS) is 18.2. The van der Waals surface area contributed by atoms with Crippen molar-refractivity contribution in [3.63, 3.8) is 0 Å². The number of anilines is 1. The molecule has 21 heavy (non-hydrogen) atoms. The summed E-state index contributed by atoms with van der Waals surface area (Å²) in [7, 11) is 0. The molecule has 1 aromatic carbocycles. The fourth-order valence-electron chi connectivity index (χ4n) is 2.41. The third-order valence-corrected chi connectivity index (χ3v) is 3.39. The highest BCUT2D eigenvalue weighted by atomic mass is 19.4. The molecule has 0 amide bonds. The van der Waals surface area contributed by atoms with Gasteiger partial charge in [0.15, 0.2) is 17.3 Å². The average Bonchev–Trinajstić information content (AvgIpc) is 2.86. The van der Waals surface area contributed by atoms with Crippen LogP contribution in [-0.2, 0) is 6.18 Å². The van der Waals surface area contributed by atoms with Gasteiger partial charge in [-0.1, -0.05) is 6.07 Å². The highest BCUT2D eigenvalue weighted by molar-refractivity contribution is 5.36. The Morgan fingerprint density at radius 2 is 1.95 bits per heavy atom. The first-order valence-corrected chi connectivity index (χ1v) is 6.21. The van der Waals surface area contributed by atoms with Gasteiger partial charge in [0.25, 0.3) is 0 Å². The summed E-state index contributed by atoms with van der Waals surface area (Å²) in [5.74, 6) is -1.94. The number of hydrogen-bond acceptors (Lipinski definition) is 2. The number of rotatable bonds is 1. The lowest BCUT2D eigenvalue weighted by Gasteiger charge is -2.26. The molecule has 8 heteroatoms. The number of fused-ring (bicyclic) bond motifs is 1. The molecule has 1 atom stereocenters. The number of alkyl halides is 3. The van der Waals surface area contributed by atoms with Crippen LogP contribution in [-0.4, -0.2) is 16.1 Å². The fraction of sp³-hybridized carbons (Fsp3) is 0.308. The first-order chi connectivity index (χ1) is 9.86. The molecule has 1 aliphatic rings. The van der Waals surface area contributed by atoms with E-state index in [9.17, 15) is 22.0 Å². The molecule has 1 aliphatic heterocycles. The van der Waals surface area contributed by atoms with E-state index < -0.39 is 29.5 Å². The summed E-state index contributed by atoms with van der Waals surface area (Å²) in [4.78, 5) is 3.50. The molecular weight excluding hydrogens is 293 g/mol. The predicted octanol–water partition coefficient (Wildman–Crippen LogP) is 3.59. The summed E-state index contributed by atoms with van der Waals surface area (Å²) in [6.45, 7) is 0.401. The second kappa shape index (κ2) is 4.71. The zero-order chi connectivity index (χ0) is 15.2. The summed E-state index contributed by atoms with van der Waals surface area (Å²) in [5.41, 5.74) is -0.609. The zero-order valence-electron chi connectivity index (χ0n) is 10.6. The average molecular weight is 303 g/mol. The molecule has 0 spiro atoms. The van der Waals surface area contributed by atoms with E-state index >= 15 is 0 Å². The van der Waals surface area contributed by atoms with Crippen molar-refractivity contribution < 1.29 is 22.0 Å². The Bertz CT molecular complexity index is 677. The number of halogens is 5. The highest BCUT2D eigenvalue weighted by Gasteiger charge is 2.36. The molecule has 0 saturated heterocycles. The molecule has 0 fully saturated rings. The van der Waals surface area contributed by atoms with Crippen molar-refractivity contribution in [3.8, 4) is 0 Å². The van der Waals surface area contributed by atoms with Crippen LogP contribution >= 0.6 is 0 Å². The molecule has 0 aliphatic carbocycles. The van der Waals surface area contributed by atoms with Crippen molar-refractivity contribution in [3.05, 3.63) is 47.3 Å². The Hall–Kier alpha value is -2.12. The van der Waals surface area contributed by atoms with Crippen LogP contribution in [0, 0.1) is 11.6 Å². The van der Waals surface area contributed by atoms with E-state index in [1.54, 1.807) is 0 Å². The molecule has 3 nitrogen and oxygen atoms in total. The lowest BCUT2D eigenvalue weighted by atomic mass is 10.0. The Morgan fingerprint density at radius 3 is 2.62 bits per heavy atom. The maximum absolute atomic E-state index is 13.3. The summed E-state index contributed by atoms with van der Waals surface area (Å²) in [6.07, 6.45) is -3.22. The molecule has 1 N–H and O–H groups in total. The topological polar surface area (TPSA) is 29.9 Å². The van der Waals surface area contributed by atoms with Crippen molar-refractivity contribution in [2.75, 3.05) is 11.9 Å².